The van der Waals surface area contributed by atoms with E-state index >= 15 is 0 Å². The Labute approximate surface area is 186 Å². The number of aliphatic hydroxyl groups is 4. The SMILES string of the molecule is CS(=O)(=O)CCCCCCCC/C(=N/OS(=O)(=O)O)S[C@@H]1O[C@H](CO)[C@@H](O)[C@H](O)[C@H]1O. The highest BCUT2D eigenvalue weighted by molar-refractivity contribution is 8.14. The van der Waals surface area contributed by atoms with Crippen LogP contribution in [0.2, 0.25) is 0 Å². The zero-order valence-electron chi connectivity index (χ0n) is 17.1. The molecule has 31 heavy (non-hydrogen) atoms. The van der Waals surface area contributed by atoms with E-state index in [2.05, 4.69) is 9.44 Å². The standard InChI is InChI=1S/C16H31NO11S3/c1-30(22,23)9-7-5-3-2-4-6-8-12(17-28-31(24,25)26)29-16-15(21)14(20)13(19)11(10-18)27-16/h11,13-16,18-21H,2-10H2,1H3,(H,24,25,26)/b17-12-/t11-,13-,14+,15-,16+/m1/s1. The van der Waals surface area contributed by atoms with Crippen molar-refractivity contribution in [2.45, 2.75) is 74.8 Å². The molecule has 15 heteroatoms. The van der Waals surface area contributed by atoms with Gasteiger partial charge in [0.25, 0.3) is 0 Å². The highest BCUT2D eigenvalue weighted by Crippen LogP contribution is 2.30. The molecular formula is C16H31NO11S3. The molecule has 1 aliphatic rings. The first-order chi connectivity index (χ1) is 14.3. The van der Waals surface area contributed by atoms with Crippen LogP contribution in [0.5, 0.6) is 0 Å². The van der Waals surface area contributed by atoms with Gasteiger partial charge in [-0.05, 0) is 19.3 Å². The minimum Gasteiger partial charge on any atom is -0.394 e. The van der Waals surface area contributed by atoms with Crippen LogP contribution >= 0.6 is 11.8 Å². The lowest BCUT2D eigenvalue weighted by Gasteiger charge is -2.39. The average molecular weight is 510 g/mol. The van der Waals surface area contributed by atoms with Gasteiger partial charge in [0.15, 0.2) is 0 Å². The number of thioether (sulfide) groups is 1. The molecule has 0 bridgehead atoms. The summed E-state index contributed by atoms with van der Waals surface area (Å²) in [5, 5.41) is 42.5. The number of ether oxygens (including phenoxy) is 1. The maximum absolute atomic E-state index is 11.1. The summed E-state index contributed by atoms with van der Waals surface area (Å²) < 4.78 is 61.9. The molecule has 0 saturated carbocycles. The number of nitrogens with zero attached hydrogens (tertiary/aromatic N) is 1. The third kappa shape index (κ3) is 11.8. The van der Waals surface area contributed by atoms with Crippen molar-refractivity contribution in [1.29, 1.82) is 0 Å². The maximum Gasteiger partial charge on any atom is 0.466 e. The fourth-order valence-electron chi connectivity index (χ4n) is 2.86. The molecule has 0 aromatic carbocycles. The summed E-state index contributed by atoms with van der Waals surface area (Å²) >= 11 is 0.742. The molecule has 0 spiro atoms. The van der Waals surface area contributed by atoms with Gasteiger partial charge in [-0.1, -0.05) is 42.6 Å². The Bertz CT molecular complexity index is 770. The van der Waals surface area contributed by atoms with Gasteiger partial charge in [0, 0.05) is 12.0 Å². The molecular weight excluding hydrogens is 478 g/mol. The molecule has 5 atom stereocenters. The number of rotatable bonds is 13. The van der Waals surface area contributed by atoms with E-state index < -0.39 is 56.7 Å². The first-order valence-electron chi connectivity index (χ1n) is 9.72. The van der Waals surface area contributed by atoms with Crippen LogP contribution in [-0.4, -0.2) is 95.3 Å². The zero-order valence-corrected chi connectivity index (χ0v) is 19.6. The first kappa shape index (κ1) is 28.5. The fraction of sp³-hybridized carbons (Fsp3) is 0.938. The van der Waals surface area contributed by atoms with Crippen molar-refractivity contribution in [2.75, 3.05) is 18.6 Å². The summed E-state index contributed by atoms with van der Waals surface area (Å²) in [6, 6.07) is 0. The van der Waals surface area contributed by atoms with E-state index in [0.717, 1.165) is 37.4 Å². The number of hydrogen-bond donors (Lipinski definition) is 5. The zero-order chi connectivity index (χ0) is 23.7. The first-order valence-corrected chi connectivity index (χ1v) is 14.0. The van der Waals surface area contributed by atoms with E-state index in [1.165, 1.54) is 6.26 Å². The molecule has 1 rings (SSSR count). The summed E-state index contributed by atoms with van der Waals surface area (Å²) in [7, 11) is -7.82. The normalized spacial score (nSPS) is 27.9. The second kappa shape index (κ2) is 13.3. The minimum atomic E-state index is -4.85. The molecule has 1 heterocycles. The van der Waals surface area contributed by atoms with Crippen LogP contribution in [0.3, 0.4) is 0 Å². The molecule has 1 saturated heterocycles. The second-order valence-electron chi connectivity index (χ2n) is 7.30. The molecule has 1 aliphatic heterocycles. The number of sulfone groups is 1. The van der Waals surface area contributed by atoms with Crippen LogP contribution in [0.25, 0.3) is 0 Å². The van der Waals surface area contributed by atoms with Crippen molar-refractivity contribution >= 4 is 37.0 Å². The van der Waals surface area contributed by atoms with Gasteiger partial charge in [0.05, 0.1) is 6.61 Å². The van der Waals surface area contributed by atoms with Crippen LogP contribution < -0.4 is 0 Å². The summed E-state index contributed by atoms with van der Waals surface area (Å²) in [4.78, 5) is 0. The van der Waals surface area contributed by atoms with Gasteiger partial charge in [0.2, 0.25) is 0 Å². The molecule has 0 radical (unpaired) electrons. The monoisotopic (exact) mass is 509 g/mol. The average Bonchev–Trinajstić information content (AvgIpc) is 2.66. The van der Waals surface area contributed by atoms with Gasteiger partial charge in [-0.3, -0.25) is 4.55 Å². The highest BCUT2D eigenvalue weighted by atomic mass is 32.3. The largest absolute Gasteiger partial charge is 0.466 e. The predicted molar refractivity (Wildman–Crippen MR) is 113 cm³/mol. The van der Waals surface area contributed by atoms with Crippen LogP contribution in [0.4, 0.5) is 0 Å². The number of oxime groups is 1. The topological polar surface area (TPSA) is 200 Å². The smallest absolute Gasteiger partial charge is 0.394 e. The van der Waals surface area contributed by atoms with Crippen LogP contribution in [0.1, 0.15) is 44.9 Å². The van der Waals surface area contributed by atoms with Gasteiger partial charge in [0.1, 0.15) is 44.7 Å². The second-order valence-corrected chi connectivity index (χ2v) is 11.7. The molecule has 5 N–H and O–H groups in total. The molecule has 0 amide bonds. The lowest BCUT2D eigenvalue weighted by molar-refractivity contribution is -0.205. The molecule has 1 fully saturated rings. The molecule has 0 aromatic heterocycles. The predicted octanol–water partition coefficient (Wildman–Crippen LogP) is -0.572. The van der Waals surface area contributed by atoms with Crippen molar-refractivity contribution < 1.29 is 50.8 Å². The highest BCUT2D eigenvalue weighted by Gasteiger charge is 2.44. The Morgan fingerprint density at radius 2 is 1.55 bits per heavy atom. The van der Waals surface area contributed by atoms with Crippen LogP contribution in [0.15, 0.2) is 5.16 Å². The van der Waals surface area contributed by atoms with Gasteiger partial charge in [-0.15, -0.1) is 0 Å². The van der Waals surface area contributed by atoms with Crippen molar-refractivity contribution in [2.24, 2.45) is 5.16 Å². The van der Waals surface area contributed by atoms with E-state index in [9.17, 15) is 37.3 Å². The molecule has 12 nitrogen and oxygen atoms in total. The van der Waals surface area contributed by atoms with Gasteiger partial charge >= 0.3 is 10.4 Å². The minimum absolute atomic E-state index is 0.0547. The Balaban J connectivity index is 2.58. The third-order valence-corrected chi connectivity index (χ3v) is 6.96. The van der Waals surface area contributed by atoms with Gasteiger partial charge in [-0.25, -0.2) is 12.7 Å². The van der Waals surface area contributed by atoms with Crippen LogP contribution in [-0.2, 0) is 29.3 Å². The van der Waals surface area contributed by atoms with Gasteiger partial charge in [-0.2, -0.15) is 8.42 Å². The summed E-state index contributed by atoms with van der Waals surface area (Å²) in [5.41, 5.74) is -1.17. The Morgan fingerprint density at radius 3 is 2.10 bits per heavy atom. The number of unbranched alkanes of at least 4 members (excludes halogenated alkanes) is 5. The molecule has 0 aromatic rings. The van der Waals surface area contributed by atoms with Crippen LogP contribution in [0, 0.1) is 0 Å². The Hall–Kier alpha value is -0.520. The van der Waals surface area contributed by atoms with E-state index in [4.69, 9.17) is 9.29 Å². The van der Waals surface area contributed by atoms with Crippen molar-refractivity contribution in [1.82, 2.24) is 0 Å². The van der Waals surface area contributed by atoms with Crippen molar-refractivity contribution in [3.05, 3.63) is 0 Å². The van der Waals surface area contributed by atoms with E-state index in [1.54, 1.807) is 0 Å². The summed E-state index contributed by atoms with van der Waals surface area (Å²) in [5.74, 6) is 0.145. The quantitative estimate of drug-likeness (QED) is 0.0697. The summed E-state index contributed by atoms with van der Waals surface area (Å²) in [6.45, 7) is -0.616. The third-order valence-electron chi connectivity index (χ3n) is 4.49. The Kier molecular flexibility index (Phi) is 12.2. The van der Waals surface area contributed by atoms with E-state index in [1.807, 2.05) is 0 Å². The van der Waals surface area contributed by atoms with E-state index in [0.29, 0.717) is 12.8 Å². The molecule has 0 unspecified atom stereocenters. The van der Waals surface area contributed by atoms with Gasteiger partial charge < -0.3 is 25.2 Å². The van der Waals surface area contributed by atoms with Crippen molar-refractivity contribution in [3.63, 3.8) is 0 Å². The maximum atomic E-state index is 11.1. The number of hydrogen-bond acceptors (Lipinski definition) is 12. The molecule has 0 aliphatic carbocycles. The Morgan fingerprint density at radius 1 is 0.968 bits per heavy atom. The molecule has 184 valence electrons. The van der Waals surface area contributed by atoms with Crippen molar-refractivity contribution in [3.8, 4) is 0 Å². The fourth-order valence-corrected chi connectivity index (χ4v) is 4.93. The summed E-state index contributed by atoms with van der Waals surface area (Å²) in [6.07, 6.45) is -0.171. The number of aliphatic hydroxyl groups excluding tert-OH is 4. The lowest BCUT2D eigenvalue weighted by Crippen LogP contribution is -2.57. The lowest BCUT2D eigenvalue weighted by atomic mass is 10.0. The van der Waals surface area contributed by atoms with E-state index in [-0.39, 0.29) is 17.2 Å².